The van der Waals surface area contributed by atoms with Crippen molar-refractivity contribution in [2.75, 3.05) is 0 Å². The number of hydrogen-bond donors (Lipinski definition) is 0. The van der Waals surface area contributed by atoms with Gasteiger partial charge in [0.15, 0.2) is 6.26 Å². The fourth-order valence-electron chi connectivity index (χ4n) is 0.806. The summed E-state index contributed by atoms with van der Waals surface area (Å²) >= 11 is 1.68. The SMILES string of the molecule is [c]1occc1-c1ccsc1. The molecular formula is C8H5OS. The summed E-state index contributed by atoms with van der Waals surface area (Å²) in [7, 11) is 0. The lowest BCUT2D eigenvalue weighted by Gasteiger charge is -1.83. The zero-order valence-electron chi connectivity index (χ0n) is 5.20. The molecule has 0 fully saturated rings. The summed E-state index contributed by atoms with van der Waals surface area (Å²) in [6, 6.07) is 3.95. The maximum absolute atomic E-state index is 4.82. The summed E-state index contributed by atoms with van der Waals surface area (Å²) in [5.41, 5.74) is 2.21. The van der Waals surface area contributed by atoms with Crippen molar-refractivity contribution in [2.45, 2.75) is 0 Å². The second-order valence-electron chi connectivity index (χ2n) is 1.95. The Bertz CT molecular complexity index is 249. The Morgan fingerprint density at radius 3 is 3.00 bits per heavy atom. The van der Waals surface area contributed by atoms with Crippen molar-refractivity contribution in [3.8, 4) is 11.1 Å². The molecule has 10 heavy (non-hydrogen) atoms. The summed E-state index contributed by atoms with van der Waals surface area (Å²) < 4.78 is 4.82. The molecule has 0 aliphatic carbocycles. The Kier molecular flexibility index (Phi) is 1.32. The molecule has 0 saturated heterocycles. The standard InChI is InChI=1S/C8H5OS/c1-3-9-5-7(1)8-2-4-10-6-8/h1-4,6H. The first-order chi connectivity index (χ1) is 4.97. The van der Waals surface area contributed by atoms with E-state index in [0.717, 1.165) is 5.56 Å². The van der Waals surface area contributed by atoms with Gasteiger partial charge in [0.2, 0.25) is 0 Å². The molecule has 2 aromatic heterocycles. The lowest BCUT2D eigenvalue weighted by molar-refractivity contribution is 0.559. The van der Waals surface area contributed by atoms with Gasteiger partial charge in [-0.3, -0.25) is 0 Å². The molecule has 2 heterocycles. The lowest BCUT2D eigenvalue weighted by atomic mass is 10.2. The van der Waals surface area contributed by atoms with Crippen molar-refractivity contribution in [2.24, 2.45) is 0 Å². The maximum Gasteiger partial charge on any atom is 0.177 e. The molecule has 0 aromatic carbocycles. The van der Waals surface area contributed by atoms with E-state index in [1.165, 1.54) is 5.56 Å². The van der Waals surface area contributed by atoms with Gasteiger partial charge < -0.3 is 4.42 Å². The average molecular weight is 149 g/mol. The quantitative estimate of drug-likeness (QED) is 0.607. The molecule has 1 radical (unpaired) electrons. The Morgan fingerprint density at radius 1 is 1.40 bits per heavy atom. The second-order valence-corrected chi connectivity index (χ2v) is 2.73. The van der Waals surface area contributed by atoms with Gasteiger partial charge in [0.05, 0.1) is 6.26 Å². The summed E-state index contributed by atoms with van der Waals surface area (Å²) in [6.45, 7) is 0. The van der Waals surface area contributed by atoms with E-state index < -0.39 is 0 Å². The zero-order chi connectivity index (χ0) is 6.81. The largest absolute Gasteiger partial charge is 0.460 e. The van der Waals surface area contributed by atoms with Gasteiger partial charge in [-0.1, -0.05) is 0 Å². The highest BCUT2D eigenvalue weighted by atomic mass is 32.1. The third-order valence-corrected chi connectivity index (χ3v) is 1.99. The van der Waals surface area contributed by atoms with E-state index in [0.29, 0.717) is 0 Å². The van der Waals surface area contributed by atoms with E-state index in [-0.39, 0.29) is 0 Å². The molecule has 0 saturated carbocycles. The molecule has 0 unspecified atom stereocenters. The van der Waals surface area contributed by atoms with Gasteiger partial charge in [0.1, 0.15) is 0 Å². The minimum Gasteiger partial charge on any atom is -0.460 e. The highest BCUT2D eigenvalue weighted by Gasteiger charge is 1.97. The van der Waals surface area contributed by atoms with Gasteiger partial charge in [0.25, 0.3) is 0 Å². The molecule has 0 aliphatic heterocycles. The zero-order valence-corrected chi connectivity index (χ0v) is 6.02. The Balaban J connectivity index is 2.48. The Hall–Kier alpha value is -1.02. The van der Waals surface area contributed by atoms with Gasteiger partial charge in [-0.2, -0.15) is 11.3 Å². The third kappa shape index (κ3) is 0.866. The Labute approximate surface area is 62.9 Å². The van der Waals surface area contributed by atoms with Crippen molar-refractivity contribution in [3.05, 3.63) is 35.4 Å². The summed E-state index contributed by atoms with van der Waals surface area (Å²) in [5.74, 6) is 0. The molecule has 0 aliphatic rings. The molecule has 0 N–H and O–H groups in total. The molecular weight excluding hydrogens is 144 g/mol. The van der Waals surface area contributed by atoms with E-state index in [9.17, 15) is 0 Å². The third-order valence-electron chi connectivity index (χ3n) is 1.30. The van der Waals surface area contributed by atoms with Gasteiger partial charge in [-0.05, 0) is 28.5 Å². The van der Waals surface area contributed by atoms with Gasteiger partial charge in [-0.25, -0.2) is 0 Å². The summed E-state index contributed by atoms with van der Waals surface area (Å²) in [5, 5.41) is 4.11. The van der Waals surface area contributed by atoms with Crippen LogP contribution in [-0.2, 0) is 0 Å². The first-order valence-electron chi connectivity index (χ1n) is 2.94. The minimum atomic E-state index is 1.03. The van der Waals surface area contributed by atoms with Crippen LogP contribution in [0.4, 0.5) is 0 Å². The number of furan rings is 1. The number of hydrogen-bond acceptors (Lipinski definition) is 2. The minimum absolute atomic E-state index is 1.03. The summed E-state index contributed by atoms with van der Waals surface area (Å²) in [6.07, 6.45) is 4.40. The van der Waals surface area contributed by atoms with Gasteiger partial charge in [-0.15, -0.1) is 0 Å². The normalized spacial score (nSPS) is 10.0. The smallest absolute Gasteiger partial charge is 0.177 e. The van der Waals surface area contributed by atoms with Crippen LogP contribution in [0, 0.1) is 6.26 Å². The highest BCUT2D eigenvalue weighted by Crippen LogP contribution is 2.21. The lowest BCUT2D eigenvalue weighted by Crippen LogP contribution is -1.61. The fourth-order valence-corrected chi connectivity index (χ4v) is 1.46. The molecule has 2 heteroatoms. The molecule has 0 bridgehead atoms. The van der Waals surface area contributed by atoms with Crippen molar-refractivity contribution in [1.29, 1.82) is 0 Å². The van der Waals surface area contributed by atoms with E-state index in [1.54, 1.807) is 17.6 Å². The first-order valence-corrected chi connectivity index (χ1v) is 3.89. The van der Waals surface area contributed by atoms with Crippen LogP contribution in [0.2, 0.25) is 0 Å². The van der Waals surface area contributed by atoms with Crippen LogP contribution in [0.15, 0.2) is 33.6 Å². The average Bonchev–Trinajstić information content (AvgIpc) is 2.59. The molecule has 0 atom stereocenters. The van der Waals surface area contributed by atoms with E-state index in [4.69, 9.17) is 4.42 Å². The van der Waals surface area contributed by atoms with Crippen molar-refractivity contribution in [3.63, 3.8) is 0 Å². The predicted octanol–water partition coefficient (Wildman–Crippen LogP) is 2.81. The van der Waals surface area contributed by atoms with Crippen LogP contribution in [0.5, 0.6) is 0 Å². The molecule has 0 amide bonds. The molecule has 2 aromatic rings. The number of rotatable bonds is 1. The van der Waals surface area contributed by atoms with Crippen molar-refractivity contribution >= 4 is 11.3 Å². The van der Waals surface area contributed by atoms with E-state index in [1.807, 2.05) is 17.5 Å². The van der Waals surface area contributed by atoms with Crippen LogP contribution >= 0.6 is 11.3 Å². The monoisotopic (exact) mass is 149 g/mol. The van der Waals surface area contributed by atoms with Crippen LogP contribution in [0.25, 0.3) is 11.1 Å². The summed E-state index contributed by atoms with van der Waals surface area (Å²) in [4.78, 5) is 0. The topological polar surface area (TPSA) is 13.1 Å². The Morgan fingerprint density at radius 2 is 2.40 bits per heavy atom. The first kappa shape index (κ1) is 5.74. The number of thiophene rings is 1. The van der Waals surface area contributed by atoms with Crippen molar-refractivity contribution in [1.82, 2.24) is 0 Å². The van der Waals surface area contributed by atoms with E-state index >= 15 is 0 Å². The maximum atomic E-state index is 4.82. The fraction of sp³-hybridized carbons (Fsp3) is 0. The molecule has 1 nitrogen and oxygen atoms in total. The molecule has 2 rings (SSSR count). The molecule has 0 spiro atoms. The van der Waals surface area contributed by atoms with E-state index in [2.05, 4.69) is 11.6 Å². The van der Waals surface area contributed by atoms with Gasteiger partial charge in [0, 0.05) is 5.56 Å². The molecule has 49 valence electrons. The van der Waals surface area contributed by atoms with Crippen LogP contribution in [-0.4, -0.2) is 0 Å². The second kappa shape index (κ2) is 2.31. The highest BCUT2D eigenvalue weighted by molar-refractivity contribution is 7.08. The van der Waals surface area contributed by atoms with Crippen LogP contribution in [0.3, 0.4) is 0 Å². The van der Waals surface area contributed by atoms with Crippen LogP contribution < -0.4 is 0 Å². The predicted molar refractivity (Wildman–Crippen MR) is 40.9 cm³/mol. The van der Waals surface area contributed by atoms with Crippen molar-refractivity contribution < 1.29 is 4.42 Å². The van der Waals surface area contributed by atoms with Gasteiger partial charge >= 0.3 is 0 Å². The van der Waals surface area contributed by atoms with Crippen LogP contribution in [0.1, 0.15) is 0 Å².